The van der Waals surface area contributed by atoms with Gasteiger partial charge in [-0.1, -0.05) is 42.0 Å². The van der Waals surface area contributed by atoms with Crippen molar-refractivity contribution in [3.05, 3.63) is 59.4 Å². The highest BCUT2D eigenvalue weighted by Gasteiger charge is 2.30. The molecule has 1 aliphatic rings. The molecular formula is C19H25N3O. The highest BCUT2D eigenvalue weighted by Crippen LogP contribution is 2.33. The number of nitrogens with one attached hydrogen (secondary N) is 1. The Bertz CT molecular complexity index is 648. The predicted molar refractivity (Wildman–Crippen MR) is 93.0 cm³/mol. The summed E-state index contributed by atoms with van der Waals surface area (Å²) in [6.07, 6.45) is 7.49. The largest absolute Gasteiger partial charge is 0.373 e. The van der Waals surface area contributed by atoms with Gasteiger partial charge in [0, 0.05) is 44.4 Å². The van der Waals surface area contributed by atoms with Crippen LogP contribution < -0.4 is 5.32 Å². The average molecular weight is 311 g/mol. The van der Waals surface area contributed by atoms with Crippen molar-refractivity contribution in [2.75, 3.05) is 19.7 Å². The molecule has 2 heterocycles. The molecule has 0 radical (unpaired) electrons. The van der Waals surface area contributed by atoms with Crippen LogP contribution in [-0.4, -0.2) is 29.5 Å². The summed E-state index contributed by atoms with van der Waals surface area (Å²) in [5, 5.41) is 7.84. The summed E-state index contributed by atoms with van der Waals surface area (Å²) in [5.74, 6) is 0.517. The van der Waals surface area contributed by atoms with Gasteiger partial charge >= 0.3 is 0 Å². The molecule has 2 unspecified atom stereocenters. The lowest BCUT2D eigenvalue weighted by atomic mass is 9.97. The molecule has 1 saturated heterocycles. The fraction of sp³-hybridized carbons (Fsp3) is 0.421. The van der Waals surface area contributed by atoms with E-state index in [0.29, 0.717) is 5.92 Å². The minimum absolute atomic E-state index is 0.176. The third-order valence-electron chi connectivity index (χ3n) is 4.29. The number of hydrogen-bond donors (Lipinski definition) is 1. The van der Waals surface area contributed by atoms with E-state index in [9.17, 15) is 0 Å². The van der Waals surface area contributed by atoms with Crippen LogP contribution >= 0.6 is 0 Å². The summed E-state index contributed by atoms with van der Waals surface area (Å²) in [6, 6.07) is 10.4. The molecule has 1 aromatic heterocycles. The van der Waals surface area contributed by atoms with Crippen LogP contribution in [0.1, 0.15) is 30.6 Å². The van der Waals surface area contributed by atoms with Crippen LogP contribution in [0.4, 0.5) is 0 Å². The van der Waals surface area contributed by atoms with E-state index in [0.717, 1.165) is 26.1 Å². The topological polar surface area (TPSA) is 39.1 Å². The Balaban J connectivity index is 1.51. The van der Waals surface area contributed by atoms with E-state index in [2.05, 4.69) is 53.9 Å². The van der Waals surface area contributed by atoms with Gasteiger partial charge in [0.2, 0.25) is 0 Å². The lowest BCUT2D eigenvalue weighted by Crippen LogP contribution is -2.26. The van der Waals surface area contributed by atoms with Gasteiger partial charge < -0.3 is 10.1 Å². The second-order valence-electron chi connectivity index (χ2n) is 6.32. The molecule has 2 atom stereocenters. The first-order valence-electron chi connectivity index (χ1n) is 8.25. The van der Waals surface area contributed by atoms with Crippen molar-refractivity contribution in [2.45, 2.75) is 19.4 Å². The maximum atomic E-state index is 5.91. The van der Waals surface area contributed by atoms with Crippen molar-refractivity contribution in [3.8, 4) is 0 Å². The second kappa shape index (κ2) is 7.57. The van der Waals surface area contributed by atoms with Gasteiger partial charge in [-0.2, -0.15) is 5.10 Å². The quantitative estimate of drug-likeness (QED) is 0.890. The minimum atomic E-state index is 0.176. The van der Waals surface area contributed by atoms with Crippen molar-refractivity contribution in [1.82, 2.24) is 15.1 Å². The molecule has 0 bridgehead atoms. The molecule has 0 saturated carbocycles. The normalized spacial score (nSPS) is 21.7. The number of benzene rings is 1. The SMILES string of the molecule is C/C(=C\c1ccccc1)CNCC1CCOC1c1cnn(C)c1. The monoisotopic (exact) mass is 311 g/mol. The molecule has 1 fully saturated rings. The number of rotatable bonds is 6. The van der Waals surface area contributed by atoms with Crippen LogP contribution in [0.5, 0.6) is 0 Å². The number of hydrogen-bond acceptors (Lipinski definition) is 3. The molecule has 0 aliphatic carbocycles. The van der Waals surface area contributed by atoms with Gasteiger partial charge in [-0.3, -0.25) is 4.68 Å². The van der Waals surface area contributed by atoms with Crippen molar-refractivity contribution < 1.29 is 4.74 Å². The Morgan fingerprint density at radius 1 is 1.39 bits per heavy atom. The van der Waals surface area contributed by atoms with Crippen LogP contribution in [0.3, 0.4) is 0 Å². The summed E-state index contributed by atoms with van der Waals surface area (Å²) in [6.45, 7) is 4.89. The third-order valence-corrected chi connectivity index (χ3v) is 4.29. The maximum Gasteiger partial charge on any atom is 0.0896 e. The van der Waals surface area contributed by atoms with E-state index < -0.39 is 0 Å². The van der Waals surface area contributed by atoms with Gasteiger partial charge in [-0.25, -0.2) is 0 Å². The zero-order valence-electron chi connectivity index (χ0n) is 13.9. The smallest absolute Gasteiger partial charge is 0.0896 e. The number of aryl methyl sites for hydroxylation is 1. The molecule has 0 spiro atoms. The molecule has 0 amide bonds. The van der Waals surface area contributed by atoms with Gasteiger partial charge in [0.25, 0.3) is 0 Å². The number of aromatic nitrogens is 2. The van der Waals surface area contributed by atoms with E-state index in [-0.39, 0.29) is 6.10 Å². The Kier molecular flexibility index (Phi) is 5.26. The zero-order valence-corrected chi connectivity index (χ0v) is 13.9. The Labute approximate surface area is 138 Å². The van der Waals surface area contributed by atoms with E-state index in [1.807, 2.05) is 24.0 Å². The average Bonchev–Trinajstić information content (AvgIpc) is 3.17. The van der Waals surface area contributed by atoms with E-state index >= 15 is 0 Å². The minimum Gasteiger partial charge on any atom is -0.373 e. The van der Waals surface area contributed by atoms with Crippen LogP contribution in [-0.2, 0) is 11.8 Å². The molecule has 4 heteroatoms. The van der Waals surface area contributed by atoms with Crippen molar-refractivity contribution >= 4 is 6.08 Å². The highest BCUT2D eigenvalue weighted by molar-refractivity contribution is 5.52. The van der Waals surface area contributed by atoms with Crippen LogP contribution in [0, 0.1) is 5.92 Å². The van der Waals surface area contributed by atoms with Crippen molar-refractivity contribution in [1.29, 1.82) is 0 Å². The lowest BCUT2D eigenvalue weighted by molar-refractivity contribution is 0.0906. The van der Waals surface area contributed by atoms with Gasteiger partial charge in [-0.05, 0) is 18.9 Å². The van der Waals surface area contributed by atoms with Gasteiger partial charge in [-0.15, -0.1) is 0 Å². The van der Waals surface area contributed by atoms with E-state index in [1.54, 1.807) is 0 Å². The molecule has 1 aliphatic heterocycles. The zero-order chi connectivity index (χ0) is 16.1. The Morgan fingerprint density at radius 3 is 2.96 bits per heavy atom. The standard InChI is InChI=1S/C19H25N3O/c1-15(10-16-6-4-3-5-7-16)11-20-12-17-8-9-23-19(17)18-13-21-22(2)14-18/h3-7,10,13-14,17,19-20H,8-9,11-12H2,1-2H3/b15-10+. The van der Waals surface area contributed by atoms with Crippen molar-refractivity contribution in [3.63, 3.8) is 0 Å². The number of ether oxygens (including phenoxy) is 1. The fourth-order valence-corrected chi connectivity index (χ4v) is 3.14. The maximum absolute atomic E-state index is 5.91. The molecule has 1 aromatic carbocycles. The molecule has 1 N–H and O–H groups in total. The summed E-state index contributed by atoms with van der Waals surface area (Å²) in [4.78, 5) is 0. The molecular weight excluding hydrogens is 286 g/mol. The Morgan fingerprint density at radius 2 is 2.22 bits per heavy atom. The molecule has 2 aromatic rings. The van der Waals surface area contributed by atoms with Gasteiger partial charge in [0.05, 0.1) is 12.3 Å². The summed E-state index contributed by atoms with van der Waals surface area (Å²) < 4.78 is 7.75. The first-order chi connectivity index (χ1) is 11.2. The highest BCUT2D eigenvalue weighted by atomic mass is 16.5. The van der Waals surface area contributed by atoms with E-state index in [1.165, 1.54) is 16.7 Å². The van der Waals surface area contributed by atoms with Crippen molar-refractivity contribution in [2.24, 2.45) is 13.0 Å². The van der Waals surface area contributed by atoms with Gasteiger partial charge in [0.1, 0.15) is 0 Å². The predicted octanol–water partition coefficient (Wildman–Crippen LogP) is 3.19. The lowest BCUT2D eigenvalue weighted by Gasteiger charge is -2.18. The van der Waals surface area contributed by atoms with Crippen LogP contribution in [0.2, 0.25) is 0 Å². The molecule has 4 nitrogen and oxygen atoms in total. The Hall–Kier alpha value is -1.91. The van der Waals surface area contributed by atoms with Crippen LogP contribution in [0.15, 0.2) is 48.3 Å². The molecule has 3 rings (SSSR count). The van der Waals surface area contributed by atoms with Gasteiger partial charge in [0.15, 0.2) is 0 Å². The first kappa shape index (κ1) is 16.0. The molecule has 122 valence electrons. The van der Waals surface area contributed by atoms with E-state index in [4.69, 9.17) is 4.74 Å². The second-order valence-corrected chi connectivity index (χ2v) is 6.32. The summed E-state index contributed by atoms with van der Waals surface area (Å²) >= 11 is 0. The summed E-state index contributed by atoms with van der Waals surface area (Å²) in [7, 11) is 1.95. The fourth-order valence-electron chi connectivity index (χ4n) is 3.14. The first-order valence-corrected chi connectivity index (χ1v) is 8.25. The summed E-state index contributed by atoms with van der Waals surface area (Å²) in [5.41, 5.74) is 3.78. The van der Waals surface area contributed by atoms with Crippen LogP contribution in [0.25, 0.3) is 6.08 Å². The number of nitrogens with zero attached hydrogens (tertiary/aromatic N) is 2. The third kappa shape index (κ3) is 4.30. The molecule has 23 heavy (non-hydrogen) atoms.